The zero-order chi connectivity index (χ0) is 11.0. The van der Waals surface area contributed by atoms with Gasteiger partial charge in [0.1, 0.15) is 0 Å². The molecule has 0 aromatic rings. The molecule has 0 aliphatic heterocycles. The first-order valence-corrected chi connectivity index (χ1v) is 5.29. The molecule has 14 heavy (non-hydrogen) atoms. The summed E-state index contributed by atoms with van der Waals surface area (Å²) >= 11 is 0. The molecular formula is C10H21NO3. The molecule has 0 bridgehead atoms. The van der Waals surface area contributed by atoms with E-state index in [9.17, 15) is 10.1 Å². The quantitative estimate of drug-likeness (QED) is 0.450. The van der Waals surface area contributed by atoms with Crippen LogP contribution in [0.4, 0.5) is 0 Å². The van der Waals surface area contributed by atoms with Crippen LogP contribution >= 0.6 is 0 Å². The first kappa shape index (κ1) is 13.2. The molecule has 0 aromatic carbocycles. The molecule has 0 rings (SSSR count). The average molecular weight is 203 g/mol. The van der Waals surface area contributed by atoms with Crippen LogP contribution in [0.25, 0.3) is 0 Å². The highest BCUT2D eigenvalue weighted by atomic mass is 16.9. The van der Waals surface area contributed by atoms with Crippen molar-refractivity contribution in [3.8, 4) is 0 Å². The van der Waals surface area contributed by atoms with Crippen molar-refractivity contribution in [2.75, 3.05) is 6.61 Å². The van der Waals surface area contributed by atoms with E-state index in [4.69, 9.17) is 0 Å². The first-order chi connectivity index (χ1) is 6.52. The monoisotopic (exact) mass is 203 g/mol. The van der Waals surface area contributed by atoms with Crippen molar-refractivity contribution in [1.82, 2.24) is 0 Å². The van der Waals surface area contributed by atoms with Crippen LogP contribution in [0.3, 0.4) is 0 Å². The fourth-order valence-corrected chi connectivity index (χ4v) is 1.35. The van der Waals surface area contributed by atoms with Crippen LogP contribution in [-0.4, -0.2) is 11.7 Å². The minimum absolute atomic E-state index is 0.232. The zero-order valence-corrected chi connectivity index (χ0v) is 9.36. The molecule has 0 radical (unpaired) electrons. The molecule has 0 fully saturated rings. The standard InChI is InChI=1S/C10H21NO3/c1-9(2)5-4-6-10(3)7-8-14-11(12)13/h9-10H,4-8H2,1-3H3. The molecule has 4 heteroatoms. The fourth-order valence-electron chi connectivity index (χ4n) is 1.35. The Kier molecular flexibility index (Phi) is 7.16. The smallest absolute Gasteiger partial charge is 0.294 e. The third-order valence-corrected chi connectivity index (χ3v) is 2.29. The van der Waals surface area contributed by atoms with Gasteiger partial charge in [-0.25, -0.2) is 0 Å². The van der Waals surface area contributed by atoms with Crippen LogP contribution in [0.15, 0.2) is 0 Å². The highest BCUT2D eigenvalue weighted by molar-refractivity contribution is 4.54. The van der Waals surface area contributed by atoms with Gasteiger partial charge in [-0.15, -0.1) is 10.1 Å². The van der Waals surface area contributed by atoms with E-state index in [0.717, 1.165) is 18.8 Å². The summed E-state index contributed by atoms with van der Waals surface area (Å²) in [6.07, 6.45) is 4.36. The van der Waals surface area contributed by atoms with Gasteiger partial charge in [-0.05, 0) is 18.3 Å². The van der Waals surface area contributed by atoms with Crippen molar-refractivity contribution >= 4 is 0 Å². The maximum Gasteiger partial charge on any atom is 0.294 e. The van der Waals surface area contributed by atoms with Gasteiger partial charge in [0, 0.05) is 0 Å². The van der Waals surface area contributed by atoms with Gasteiger partial charge in [-0.2, -0.15) is 0 Å². The minimum atomic E-state index is -0.721. The Hall–Kier alpha value is -0.800. The molecule has 0 saturated carbocycles. The Balaban J connectivity index is 3.27. The number of nitrogens with zero attached hydrogens (tertiary/aromatic N) is 1. The van der Waals surface area contributed by atoms with Crippen molar-refractivity contribution in [3.63, 3.8) is 0 Å². The van der Waals surface area contributed by atoms with Crippen molar-refractivity contribution in [1.29, 1.82) is 0 Å². The summed E-state index contributed by atoms with van der Waals surface area (Å²) in [5.74, 6) is 1.27. The summed E-state index contributed by atoms with van der Waals surface area (Å²) < 4.78 is 0. The first-order valence-electron chi connectivity index (χ1n) is 5.29. The Morgan fingerprint density at radius 1 is 1.21 bits per heavy atom. The number of hydrogen-bond donors (Lipinski definition) is 0. The molecule has 0 heterocycles. The van der Waals surface area contributed by atoms with Crippen molar-refractivity contribution < 1.29 is 9.92 Å². The highest BCUT2D eigenvalue weighted by Gasteiger charge is 2.04. The Morgan fingerprint density at radius 2 is 1.86 bits per heavy atom. The van der Waals surface area contributed by atoms with Crippen LogP contribution in [0.1, 0.15) is 46.5 Å². The van der Waals surface area contributed by atoms with Gasteiger partial charge in [0.15, 0.2) is 0 Å². The van der Waals surface area contributed by atoms with Gasteiger partial charge in [-0.1, -0.05) is 40.0 Å². The summed E-state index contributed by atoms with van der Waals surface area (Å²) in [7, 11) is 0. The van der Waals surface area contributed by atoms with E-state index in [1.54, 1.807) is 0 Å². The third-order valence-electron chi connectivity index (χ3n) is 2.29. The Labute approximate surface area is 85.7 Å². The van der Waals surface area contributed by atoms with Crippen molar-refractivity contribution in [3.05, 3.63) is 10.1 Å². The van der Waals surface area contributed by atoms with Crippen LogP contribution in [0.2, 0.25) is 0 Å². The van der Waals surface area contributed by atoms with E-state index >= 15 is 0 Å². The largest absolute Gasteiger partial charge is 0.314 e. The molecule has 0 saturated heterocycles. The van der Waals surface area contributed by atoms with Gasteiger partial charge in [-0.3, -0.25) is 0 Å². The third kappa shape index (κ3) is 9.29. The lowest BCUT2D eigenvalue weighted by molar-refractivity contribution is -0.758. The van der Waals surface area contributed by atoms with E-state index in [1.807, 2.05) is 0 Å². The molecule has 0 amide bonds. The minimum Gasteiger partial charge on any atom is -0.314 e. The fraction of sp³-hybridized carbons (Fsp3) is 1.00. The molecule has 1 unspecified atom stereocenters. The predicted octanol–water partition coefficient (Wildman–Crippen LogP) is 3.05. The van der Waals surface area contributed by atoms with E-state index in [-0.39, 0.29) is 6.61 Å². The molecule has 0 aliphatic carbocycles. The maximum atomic E-state index is 9.87. The van der Waals surface area contributed by atoms with Gasteiger partial charge >= 0.3 is 0 Å². The van der Waals surface area contributed by atoms with Crippen LogP contribution in [-0.2, 0) is 4.84 Å². The second kappa shape index (κ2) is 7.59. The highest BCUT2D eigenvalue weighted by Crippen LogP contribution is 2.14. The predicted molar refractivity (Wildman–Crippen MR) is 55.4 cm³/mol. The summed E-state index contributed by atoms with van der Waals surface area (Å²) in [4.78, 5) is 14.1. The number of hydrogen-bond acceptors (Lipinski definition) is 3. The molecule has 0 spiro atoms. The van der Waals surface area contributed by atoms with E-state index in [1.165, 1.54) is 12.8 Å². The van der Waals surface area contributed by atoms with Gasteiger partial charge in [0.25, 0.3) is 5.09 Å². The van der Waals surface area contributed by atoms with Gasteiger partial charge in [0.2, 0.25) is 0 Å². The van der Waals surface area contributed by atoms with Gasteiger partial charge in [0.05, 0.1) is 6.61 Å². The summed E-state index contributed by atoms with van der Waals surface area (Å²) in [6.45, 7) is 6.76. The van der Waals surface area contributed by atoms with Crippen molar-refractivity contribution in [2.24, 2.45) is 11.8 Å². The zero-order valence-electron chi connectivity index (χ0n) is 9.36. The molecule has 0 N–H and O–H groups in total. The maximum absolute atomic E-state index is 9.87. The summed E-state index contributed by atoms with van der Waals surface area (Å²) in [5, 5.41) is 9.15. The Bertz CT molecular complexity index is 159. The molecule has 4 nitrogen and oxygen atoms in total. The molecule has 0 aromatic heterocycles. The van der Waals surface area contributed by atoms with E-state index in [0.29, 0.717) is 5.92 Å². The SMILES string of the molecule is CC(C)CCCC(C)CCO[N+](=O)[O-]. The average Bonchev–Trinajstić information content (AvgIpc) is 2.02. The van der Waals surface area contributed by atoms with Gasteiger partial charge < -0.3 is 4.84 Å². The van der Waals surface area contributed by atoms with Crippen LogP contribution < -0.4 is 0 Å². The molecular weight excluding hydrogens is 182 g/mol. The lowest BCUT2D eigenvalue weighted by Crippen LogP contribution is -2.06. The second-order valence-electron chi connectivity index (χ2n) is 4.28. The lowest BCUT2D eigenvalue weighted by atomic mass is 9.98. The molecule has 0 aliphatic rings. The van der Waals surface area contributed by atoms with E-state index in [2.05, 4.69) is 25.6 Å². The normalized spacial score (nSPS) is 12.9. The van der Waals surface area contributed by atoms with Crippen molar-refractivity contribution in [2.45, 2.75) is 46.5 Å². The Morgan fingerprint density at radius 3 is 2.36 bits per heavy atom. The summed E-state index contributed by atoms with van der Waals surface area (Å²) in [5.41, 5.74) is 0. The second-order valence-corrected chi connectivity index (χ2v) is 4.28. The summed E-state index contributed by atoms with van der Waals surface area (Å²) in [6, 6.07) is 0. The molecule has 1 atom stereocenters. The van der Waals surface area contributed by atoms with Crippen LogP contribution in [0, 0.1) is 22.0 Å². The number of rotatable bonds is 8. The molecule has 84 valence electrons. The van der Waals surface area contributed by atoms with Crippen LogP contribution in [0.5, 0.6) is 0 Å². The topological polar surface area (TPSA) is 52.4 Å². The van der Waals surface area contributed by atoms with E-state index < -0.39 is 5.09 Å². The lowest BCUT2D eigenvalue weighted by Gasteiger charge is -2.11.